The van der Waals surface area contributed by atoms with Gasteiger partial charge < -0.3 is 16.4 Å². The minimum absolute atomic E-state index is 0.112. The molecule has 0 aliphatic heterocycles. The second-order valence-corrected chi connectivity index (χ2v) is 5.71. The maximum Gasteiger partial charge on any atom is 0.319 e. The SMILES string of the molecule is CCC1CCC(NC(=O)Nc2ccc(CN)cc2)C1C. The lowest BCUT2D eigenvalue weighted by molar-refractivity contribution is 0.243. The van der Waals surface area contributed by atoms with Crippen LogP contribution >= 0.6 is 0 Å². The molecule has 1 aromatic rings. The first kappa shape index (κ1) is 14.9. The van der Waals surface area contributed by atoms with Gasteiger partial charge in [-0.3, -0.25) is 0 Å². The maximum atomic E-state index is 12.0. The van der Waals surface area contributed by atoms with Crippen LogP contribution in [-0.4, -0.2) is 12.1 Å². The number of rotatable bonds is 4. The van der Waals surface area contributed by atoms with Gasteiger partial charge in [0.05, 0.1) is 0 Å². The summed E-state index contributed by atoms with van der Waals surface area (Å²) in [5.74, 6) is 1.30. The fraction of sp³-hybridized carbons (Fsp3) is 0.562. The summed E-state index contributed by atoms with van der Waals surface area (Å²) in [6.07, 6.45) is 3.49. The Morgan fingerprint density at radius 2 is 2.00 bits per heavy atom. The summed E-state index contributed by atoms with van der Waals surface area (Å²) in [4.78, 5) is 12.0. The number of anilines is 1. The molecule has 0 bridgehead atoms. The van der Waals surface area contributed by atoms with Crippen molar-refractivity contribution in [3.05, 3.63) is 29.8 Å². The van der Waals surface area contributed by atoms with Crippen LogP contribution in [0.1, 0.15) is 38.7 Å². The second-order valence-electron chi connectivity index (χ2n) is 5.71. The van der Waals surface area contributed by atoms with E-state index in [2.05, 4.69) is 24.5 Å². The molecule has 0 aromatic heterocycles. The third-order valence-corrected chi connectivity index (χ3v) is 4.52. The van der Waals surface area contributed by atoms with E-state index in [0.717, 1.165) is 23.6 Å². The van der Waals surface area contributed by atoms with Gasteiger partial charge in [0.15, 0.2) is 0 Å². The van der Waals surface area contributed by atoms with Gasteiger partial charge >= 0.3 is 6.03 Å². The number of nitrogens with one attached hydrogen (secondary N) is 2. The summed E-state index contributed by atoms with van der Waals surface area (Å²) < 4.78 is 0. The van der Waals surface area contributed by atoms with Crippen molar-refractivity contribution in [3.63, 3.8) is 0 Å². The molecule has 1 fully saturated rings. The first-order chi connectivity index (χ1) is 9.63. The van der Waals surface area contributed by atoms with Crippen molar-refractivity contribution in [1.29, 1.82) is 0 Å². The van der Waals surface area contributed by atoms with Gasteiger partial charge in [-0.1, -0.05) is 32.4 Å². The zero-order valence-corrected chi connectivity index (χ0v) is 12.4. The molecule has 0 saturated heterocycles. The smallest absolute Gasteiger partial charge is 0.319 e. The van der Waals surface area contributed by atoms with Crippen LogP contribution in [0.4, 0.5) is 10.5 Å². The minimum Gasteiger partial charge on any atom is -0.335 e. The van der Waals surface area contributed by atoms with Crippen LogP contribution in [0.5, 0.6) is 0 Å². The Hall–Kier alpha value is -1.55. The van der Waals surface area contributed by atoms with Crippen molar-refractivity contribution in [2.75, 3.05) is 5.32 Å². The van der Waals surface area contributed by atoms with E-state index in [1.165, 1.54) is 12.8 Å². The lowest BCUT2D eigenvalue weighted by Crippen LogP contribution is -2.40. The summed E-state index contributed by atoms with van der Waals surface area (Å²) in [5.41, 5.74) is 7.42. The zero-order chi connectivity index (χ0) is 14.5. The molecule has 1 aliphatic carbocycles. The molecule has 0 heterocycles. The first-order valence-electron chi connectivity index (χ1n) is 7.50. The molecule has 4 heteroatoms. The molecule has 4 N–H and O–H groups in total. The first-order valence-corrected chi connectivity index (χ1v) is 7.50. The van der Waals surface area contributed by atoms with Crippen molar-refractivity contribution in [1.82, 2.24) is 5.32 Å². The highest BCUT2D eigenvalue weighted by Crippen LogP contribution is 2.33. The molecule has 1 aromatic carbocycles. The van der Waals surface area contributed by atoms with E-state index in [4.69, 9.17) is 5.73 Å². The van der Waals surface area contributed by atoms with Crippen LogP contribution in [0, 0.1) is 11.8 Å². The fourth-order valence-electron chi connectivity index (χ4n) is 3.09. The molecule has 1 saturated carbocycles. The average Bonchev–Trinajstić information content (AvgIpc) is 2.80. The van der Waals surface area contributed by atoms with E-state index < -0.39 is 0 Å². The monoisotopic (exact) mass is 275 g/mol. The highest BCUT2D eigenvalue weighted by Gasteiger charge is 2.32. The molecule has 3 atom stereocenters. The molecule has 1 aliphatic rings. The molecular formula is C16H25N3O. The number of carbonyl (C=O) groups is 1. The highest BCUT2D eigenvalue weighted by molar-refractivity contribution is 5.89. The van der Waals surface area contributed by atoms with E-state index >= 15 is 0 Å². The van der Waals surface area contributed by atoms with Crippen LogP contribution in [0.2, 0.25) is 0 Å². The maximum absolute atomic E-state index is 12.0. The van der Waals surface area contributed by atoms with Crippen molar-refractivity contribution in [3.8, 4) is 0 Å². The number of carbonyl (C=O) groups excluding carboxylic acids is 1. The Bertz CT molecular complexity index is 444. The van der Waals surface area contributed by atoms with Crippen molar-refractivity contribution >= 4 is 11.7 Å². The summed E-state index contributed by atoms with van der Waals surface area (Å²) in [5, 5.41) is 5.98. The third kappa shape index (κ3) is 3.51. The van der Waals surface area contributed by atoms with Gasteiger partial charge in [-0.25, -0.2) is 4.79 Å². The summed E-state index contributed by atoms with van der Waals surface area (Å²) in [7, 11) is 0. The number of hydrogen-bond donors (Lipinski definition) is 3. The lowest BCUT2D eigenvalue weighted by Gasteiger charge is -2.21. The standard InChI is InChI=1S/C16H25N3O/c1-3-13-6-9-15(11(13)2)19-16(20)18-14-7-4-12(10-17)5-8-14/h4-5,7-8,11,13,15H,3,6,9-10,17H2,1-2H3,(H2,18,19,20). The highest BCUT2D eigenvalue weighted by atomic mass is 16.2. The van der Waals surface area contributed by atoms with Crippen LogP contribution in [0.3, 0.4) is 0 Å². The van der Waals surface area contributed by atoms with Crippen LogP contribution in [-0.2, 0) is 6.54 Å². The number of nitrogens with two attached hydrogens (primary N) is 1. The van der Waals surface area contributed by atoms with E-state index in [-0.39, 0.29) is 6.03 Å². The number of urea groups is 1. The summed E-state index contributed by atoms with van der Waals surface area (Å²) in [6.45, 7) is 4.98. The van der Waals surface area contributed by atoms with Gasteiger partial charge in [0.25, 0.3) is 0 Å². The Labute approximate surface area is 121 Å². The van der Waals surface area contributed by atoms with Gasteiger partial charge in [-0.2, -0.15) is 0 Å². The van der Waals surface area contributed by atoms with Crippen molar-refractivity contribution < 1.29 is 4.79 Å². The molecule has 2 amide bonds. The van der Waals surface area contributed by atoms with Crippen LogP contribution in [0.15, 0.2) is 24.3 Å². The minimum atomic E-state index is -0.112. The predicted octanol–water partition coefficient (Wildman–Crippen LogP) is 3.09. The number of benzene rings is 1. The Kier molecular flexibility index (Phi) is 5.01. The molecule has 3 unspecified atom stereocenters. The Balaban J connectivity index is 1.86. The molecular weight excluding hydrogens is 250 g/mol. The van der Waals surface area contributed by atoms with Gasteiger partial charge in [0.2, 0.25) is 0 Å². The summed E-state index contributed by atoms with van der Waals surface area (Å²) >= 11 is 0. The molecule has 0 spiro atoms. The van der Waals surface area contributed by atoms with Gasteiger partial charge in [0.1, 0.15) is 0 Å². The van der Waals surface area contributed by atoms with Crippen molar-refractivity contribution in [2.24, 2.45) is 17.6 Å². The lowest BCUT2D eigenvalue weighted by atomic mass is 9.94. The molecule has 110 valence electrons. The fourth-order valence-corrected chi connectivity index (χ4v) is 3.09. The molecule has 2 rings (SSSR count). The van der Waals surface area contributed by atoms with Gasteiger partial charge in [-0.15, -0.1) is 0 Å². The van der Waals surface area contributed by atoms with E-state index in [9.17, 15) is 4.79 Å². The number of amides is 2. The number of hydrogen-bond acceptors (Lipinski definition) is 2. The Morgan fingerprint density at radius 1 is 1.30 bits per heavy atom. The van der Waals surface area contributed by atoms with Gasteiger partial charge in [0, 0.05) is 18.3 Å². The van der Waals surface area contributed by atoms with E-state index in [1.807, 2.05) is 24.3 Å². The normalized spacial score (nSPS) is 25.4. The summed E-state index contributed by atoms with van der Waals surface area (Å²) in [6, 6.07) is 7.81. The molecule has 4 nitrogen and oxygen atoms in total. The van der Waals surface area contributed by atoms with Crippen molar-refractivity contribution in [2.45, 2.75) is 45.7 Å². The quantitative estimate of drug-likeness (QED) is 0.790. The second kappa shape index (κ2) is 6.75. The largest absolute Gasteiger partial charge is 0.335 e. The van der Waals surface area contributed by atoms with E-state index in [0.29, 0.717) is 18.5 Å². The predicted molar refractivity (Wildman–Crippen MR) is 82.5 cm³/mol. The van der Waals surface area contributed by atoms with E-state index in [1.54, 1.807) is 0 Å². The van der Waals surface area contributed by atoms with Gasteiger partial charge in [-0.05, 0) is 42.4 Å². The molecule has 20 heavy (non-hydrogen) atoms. The third-order valence-electron chi connectivity index (χ3n) is 4.52. The van der Waals surface area contributed by atoms with Crippen LogP contribution < -0.4 is 16.4 Å². The topological polar surface area (TPSA) is 67.2 Å². The average molecular weight is 275 g/mol. The van der Waals surface area contributed by atoms with Crippen LogP contribution in [0.25, 0.3) is 0 Å². The zero-order valence-electron chi connectivity index (χ0n) is 12.4. The Morgan fingerprint density at radius 3 is 2.55 bits per heavy atom. The molecule has 0 radical (unpaired) electrons.